The van der Waals surface area contributed by atoms with Crippen molar-refractivity contribution in [2.75, 3.05) is 39.8 Å². The lowest BCUT2D eigenvalue weighted by atomic mass is 9.98. The topological polar surface area (TPSA) is 18.5 Å². The maximum atomic E-state index is 3.52. The van der Waals surface area contributed by atoms with Crippen LogP contribution in [0.25, 0.3) is 0 Å². The molecule has 1 heterocycles. The highest BCUT2D eigenvalue weighted by Gasteiger charge is 2.31. The van der Waals surface area contributed by atoms with Gasteiger partial charge in [-0.3, -0.25) is 9.80 Å². The minimum atomic E-state index is 0.442. The summed E-state index contributed by atoms with van der Waals surface area (Å²) in [7, 11) is 2.09. The Bertz CT molecular complexity index is 473. The number of aryl methyl sites for hydroxylation is 2. The molecule has 1 aromatic rings. The van der Waals surface area contributed by atoms with E-state index in [1.165, 1.54) is 55.7 Å². The number of hydrogen-bond acceptors (Lipinski definition) is 3. The lowest BCUT2D eigenvalue weighted by Gasteiger charge is -2.36. The Morgan fingerprint density at radius 2 is 1.86 bits per heavy atom. The summed E-state index contributed by atoms with van der Waals surface area (Å²) in [5.41, 5.74) is 4.22. The number of piperazine rings is 1. The van der Waals surface area contributed by atoms with Crippen molar-refractivity contribution in [2.45, 2.75) is 38.8 Å². The molecule has 1 N–H and O–H groups in total. The Morgan fingerprint density at radius 1 is 1.14 bits per heavy atom. The molecule has 3 rings (SSSR count). The molecule has 116 valence electrons. The first kappa shape index (κ1) is 15.0. The van der Waals surface area contributed by atoms with E-state index in [1.807, 2.05) is 0 Å². The molecular formula is C18H29N3. The molecule has 3 nitrogen and oxygen atoms in total. The average molecular weight is 287 g/mol. The summed E-state index contributed by atoms with van der Waals surface area (Å²) in [6, 6.07) is 8.17. The van der Waals surface area contributed by atoms with Crippen molar-refractivity contribution in [2.24, 2.45) is 0 Å². The minimum absolute atomic E-state index is 0.442. The first-order valence-corrected chi connectivity index (χ1v) is 8.38. The molecule has 21 heavy (non-hydrogen) atoms. The predicted molar refractivity (Wildman–Crippen MR) is 88.8 cm³/mol. The fraction of sp³-hybridized carbons (Fsp3) is 0.667. The Hall–Kier alpha value is -0.900. The van der Waals surface area contributed by atoms with E-state index in [2.05, 4.69) is 54.2 Å². The second kappa shape index (κ2) is 6.47. The van der Waals surface area contributed by atoms with Crippen molar-refractivity contribution in [1.29, 1.82) is 0 Å². The van der Waals surface area contributed by atoms with E-state index in [4.69, 9.17) is 0 Å². The Balaban J connectivity index is 1.60. The summed E-state index contributed by atoms with van der Waals surface area (Å²) >= 11 is 0. The third kappa shape index (κ3) is 3.65. The first-order valence-electron chi connectivity index (χ1n) is 8.38. The molecule has 1 aliphatic carbocycles. The molecule has 2 aliphatic rings. The molecule has 3 heteroatoms. The Kier molecular flexibility index (Phi) is 4.63. The van der Waals surface area contributed by atoms with Crippen LogP contribution < -0.4 is 5.32 Å². The van der Waals surface area contributed by atoms with Gasteiger partial charge in [0.25, 0.3) is 0 Å². The van der Waals surface area contributed by atoms with Crippen molar-refractivity contribution >= 4 is 0 Å². The van der Waals surface area contributed by atoms with Crippen LogP contribution in [-0.2, 0) is 0 Å². The van der Waals surface area contributed by atoms with Gasteiger partial charge in [0.15, 0.2) is 0 Å². The molecular weight excluding hydrogens is 258 g/mol. The van der Waals surface area contributed by atoms with Crippen molar-refractivity contribution in [1.82, 2.24) is 15.1 Å². The van der Waals surface area contributed by atoms with E-state index in [9.17, 15) is 0 Å². The van der Waals surface area contributed by atoms with E-state index in [0.717, 1.165) is 12.6 Å². The molecule has 1 atom stereocenters. The monoisotopic (exact) mass is 287 g/mol. The molecule has 0 radical (unpaired) electrons. The van der Waals surface area contributed by atoms with Crippen LogP contribution in [0.3, 0.4) is 0 Å². The maximum absolute atomic E-state index is 3.52. The maximum Gasteiger partial charge on any atom is 0.0449 e. The Morgan fingerprint density at radius 3 is 2.48 bits per heavy atom. The molecule has 1 aliphatic heterocycles. The summed E-state index contributed by atoms with van der Waals surface area (Å²) in [6.07, 6.45) is 2.86. The fourth-order valence-electron chi connectivity index (χ4n) is 3.49. The molecule has 0 aromatic heterocycles. The molecule has 1 saturated heterocycles. The molecule has 1 unspecified atom stereocenters. The van der Waals surface area contributed by atoms with E-state index in [0.29, 0.717) is 6.04 Å². The van der Waals surface area contributed by atoms with Crippen molar-refractivity contribution in [3.63, 3.8) is 0 Å². The van der Waals surface area contributed by atoms with E-state index >= 15 is 0 Å². The third-order valence-corrected chi connectivity index (χ3v) is 5.07. The second-order valence-corrected chi connectivity index (χ2v) is 6.77. The van der Waals surface area contributed by atoms with E-state index in [-0.39, 0.29) is 0 Å². The van der Waals surface area contributed by atoms with Gasteiger partial charge in [0, 0.05) is 44.8 Å². The highest BCUT2D eigenvalue weighted by Crippen LogP contribution is 2.28. The van der Waals surface area contributed by atoms with Gasteiger partial charge in [-0.2, -0.15) is 0 Å². The standard InChI is InChI=1S/C18H29N3/c1-14-4-5-15(2)17(12-14)18(19-3)13-20-8-10-21(11-9-20)16-6-7-16/h4-5,12,16,18-19H,6-11,13H2,1-3H3. The van der Waals surface area contributed by atoms with Crippen LogP contribution in [0.1, 0.15) is 35.6 Å². The summed E-state index contributed by atoms with van der Waals surface area (Å²) < 4.78 is 0. The van der Waals surface area contributed by atoms with Crippen molar-refractivity contribution in [3.05, 3.63) is 34.9 Å². The van der Waals surface area contributed by atoms with Crippen molar-refractivity contribution < 1.29 is 0 Å². The number of nitrogens with zero attached hydrogens (tertiary/aromatic N) is 2. The third-order valence-electron chi connectivity index (χ3n) is 5.07. The summed E-state index contributed by atoms with van der Waals surface area (Å²) in [4.78, 5) is 5.31. The van der Waals surface area contributed by atoms with Gasteiger partial charge in [0.05, 0.1) is 0 Å². The quantitative estimate of drug-likeness (QED) is 0.897. The fourth-order valence-corrected chi connectivity index (χ4v) is 3.49. The molecule has 2 fully saturated rings. The van der Waals surface area contributed by atoms with Crippen LogP contribution >= 0.6 is 0 Å². The summed E-state index contributed by atoms with van der Waals surface area (Å²) in [5, 5.41) is 3.52. The van der Waals surface area contributed by atoms with Crippen LogP contribution in [0.4, 0.5) is 0 Å². The number of nitrogens with one attached hydrogen (secondary N) is 1. The van der Waals surface area contributed by atoms with Gasteiger partial charge < -0.3 is 5.32 Å². The lowest BCUT2D eigenvalue weighted by Crippen LogP contribution is -2.49. The van der Waals surface area contributed by atoms with Crippen LogP contribution in [-0.4, -0.2) is 55.6 Å². The SMILES string of the molecule is CNC(CN1CCN(C2CC2)CC1)c1cc(C)ccc1C. The van der Waals surface area contributed by atoms with Crippen LogP contribution in [0.15, 0.2) is 18.2 Å². The largest absolute Gasteiger partial charge is 0.312 e. The Labute approximate surface area is 129 Å². The second-order valence-electron chi connectivity index (χ2n) is 6.77. The van der Waals surface area contributed by atoms with Gasteiger partial charge >= 0.3 is 0 Å². The van der Waals surface area contributed by atoms with Crippen molar-refractivity contribution in [3.8, 4) is 0 Å². The van der Waals surface area contributed by atoms with Gasteiger partial charge in [0.2, 0.25) is 0 Å². The first-order chi connectivity index (χ1) is 10.2. The van der Waals surface area contributed by atoms with Crippen LogP contribution in [0.2, 0.25) is 0 Å². The normalized spacial score (nSPS) is 22.4. The van der Waals surface area contributed by atoms with E-state index in [1.54, 1.807) is 0 Å². The zero-order valence-corrected chi connectivity index (χ0v) is 13.7. The molecule has 0 bridgehead atoms. The predicted octanol–water partition coefficient (Wildman–Crippen LogP) is 2.34. The number of rotatable bonds is 5. The van der Waals surface area contributed by atoms with Gasteiger partial charge in [0.1, 0.15) is 0 Å². The lowest BCUT2D eigenvalue weighted by molar-refractivity contribution is 0.118. The smallest absolute Gasteiger partial charge is 0.0449 e. The molecule has 0 amide bonds. The molecule has 1 aromatic carbocycles. The van der Waals surface area contributed by atoms with Gasteiger partial charge in [-0.15, -0.1) is 0 Å². The van der Waals surface area contributed by atoms with Gasteiger partial charge in [-0.25, -0.2) is 0 Å². The number of likely N-dealkylation sites (N-methyl/N-ethyl adjacent to an activating group) is 1. The number of hydrogen-bond donors (Lipinski definition) is 1. The number of benzene rings is 1. The highest BCUT2D eigenvalue weighted by molar-refractivity contribution is 5.33. The zero-order chi connectivity index (χ0) is 14.8. The molecule has 1 saturated carbocycles. The summed E-state index contributed by atoms with van der Waals surface area (Å²) in [6.45, 7) is 10.5. The minimum Gasteiger partial charge on any atom is -0.312 e. The van der Waals surface area contributed by atoms with Gasteiger partial charge in [-0.1, -0.05) is 23.8 Å². The summed E-state index contributed by atoms with van der Waals surface area (Å²) in [5.74, 6) is 0. The van der Waals surface area contributed by atoms with E-state index < -0.39 is 0 Å². The van der Waals surface area contributed by atoms with Gasteiger partial charge in [-0.05, 0) is 44.9 Å². The highest BCUT2D eigenvalue weighted by atomic mass is 15.3. The van der Waals surface area contributed by atoms with Crippen LogP contribution in [0, 0.1) is 13.8 Å². The zero-order valence-electron chi connectivity index (χ0n) is 13.7. The average Bonchev–Trinajstić information content (AvgIpc) is 3.33. The van der Waals surface area contributed by atoms with Crippen LogP contribution in [0.5, 0.6) is 0 Å². The molecule has 0 spiro atoms.